The van der Waals surface area contributed by atoms with E-state index in [1.807, 2.05) is 23.1 Å². The number of aliphatic hydroxyl groups is 1. The fourth-order valence-electron chi connectivity index (χ4n) is 3.07. The molecule has 1 N–H and O–H groups in total. The minimum atomic E-state index is -0.0750. The van der Waals surface area contributed by atoms with Crippen molar-refractivity contribution in [3.63, 3.8) is 0 Å². The molecular weight excluding hydrogens is 314 g/mol. The highest BCUT2D eigenvalue weighted by atomic mass is 35.5. The second kappa shape index (κ2) is 7.15. The molecule has 2 aromatic rings. The molecule has 5 nitrogen and oxygen atoms in total. The zero-order chi connectivity index (χ0) is 16.2. The molecule has 1 unspecified atom stereocenters. The first kappa shape index (κ1) is 16.0. The van der Waals surface area contributed by atoms with Gasteiger partial charge in [0.2, 0.25) is 0 Å². The Balaban J connectivity index is 1.82. The first-order chi connectivity index (χ1) is 11.2. The molecule has 1 saturated heterocycles. The summed E-state index contributed by atoms with van der Waals surface area (Å²) in [5.74, 6) is -0.0750. The van der Waals surface area contributed by atoms with Crippen LogP contribution in [0.5, 0.6) is 0 Å². The molecule has 23 heavy (non-hydrogen) atoms. The molecule has 1 aromatic carbocycles. The lowest BCUT2D eigenvalue weighted by Crippen LogP contribution is -2.44. The van der Waals surface area contributed by atoms with E-state index in [9.17, 15) is 9.90 Å². The molecule has 1 fully saturated rings. The Morgan fingerprint density at radius 2 is 2.13 bits per heavy atom. The largest absolute Gasteiger partial charge is 0.396 e. The van der Waals surface area contributed by atoms with E-state index >= 15 is 0 Å². The Labute approximate surface area is 140 Å². The van der Waals surface area contributed by atoms with E-state index in [0.29, 0.717) is 17.1 Å². The number of rotatable bonds is 4. The Kier molecular flexibility index (Phi) is 4.98. The zero-order valence-corrected chi connectivity index (χ0v) is 13.6. The molecule has 2 heterocycles. The van der Waals surface area contributed by atoms with Crippen LogP contribution in [0.3, 0.4) is 0 Å². The fraction of sp³-hybridized carbons (Fsp3) is 0.412. The smallest absolute Gasteiger partial charge is 0.274 e. The van der Waals surface area contributed by atoms with Gasteiger partial charge in [0, 0.05) is 25.4 Å². The number of piperidine rings is 1. The van der Waals surface area contributed by atoms with Gasteiger partial charge in [-0.1, -0.05) is 23.7 Å². The van der Waals surface area contributed by atoms with E-state index < -0.39 is 0 Å². The number of aromatic nitrogens is 2. The first-order valence-corrected chi connectivity index (χ1v) is 8.31. The van der Waals surface area contributed by atoms with Gasteiger partial charge in [-0.15, -0.1) is 0 Å². The van der Waals surface area contributed by atoms with Crippen LogP contribution in [0, 0.1) is 0 Å². The molecule has 0 aliphatic carbocycles. The number of amides is 1. The predicted molar refractivity (Wildman–Crippen MR) is 89.0 cm³/mol. The van der Waals surface area contributed by atoms with E-state index in [0.717, 1.165) is 31.5 Å². The normalized spacial score (nSPS) is 18.2. The molecule has 1 aromatic heterocycles. The lowest BCUT2D eigenvalue weighted by atomic mass is 9.99. The summed E-state index contributed by atoms with van der Waals surface area (Å²) in [7, 11) is 0. The molecule has 1 aliphatic rings. The van der Waals surface area contributed by atoms with E-state index in [2.05, 4.69) is 5.10 Å². The summed E-state index contributed by atoms with van der Waals surface area (Å²) in [6.07, 6.45) is 5.41. The number of nitrogens with zero attached hydrogens (tertiary/aromatic N) is 3. The number of carbonyl (C=O) groups is 1. The van der Waals surface area contributed by atoms with E-state index in [1.54, 1.807) is 23.0 Å². The van der Waals surface area contributed by atoms with Crippen LogP contribution in [0.15, 0.2) is 36.5 Å². The van der Waals surface area contributed by atoms with Gasteiger partial charge in [0.05, 0.1) is 10.7 Å². The summed E-state index contributed by atoms with van der Waals surface area (Å²) in [6.45, 7) is 0.824. The van der Waals surface area contributed by atoms with Crippen LogP contribution in [-0.2, 0) is 0 Å². The van der Waals surface area contributed by atoms with Gasteiger partial charge in [-0.25, -0.2) is 4.68 Å². The van der Waals surface area contributed by atoms with Crippen molar-refractivity contribution < 1.29 is 9.90 Å². The number of para-hydroxylation sites is 1. The standard InChI is InChI=1S/C17H20ClN3O2/c18-14-6-1-2-7-16(14)21-11-8-15(19-21)17(23)20-10-4-3-5-13(20)9-12-22/h1-2,6-8,11,13,22H,3-5,9-10,12H2. The van der Waals surface area contributed by atoms with Gasteiger partial charge >= 0.3 is 0 Å². The molecule has 0 radical (unpaired) electrons. The van der Waals surface area contributed by atoms with Crippen LogP contribution in [0.4, 0.5) is 0 Å². The van der Waals surface area contributed by atoms with Crippen LogP contribution >= 0.6 is 11.6 Å². The van der Waals surface area contributed by atoms with Gasteiger partial charge in [0.25, 0.3) is 5.91 Å². The number of hydrogen-bond donors (Lipinski definition) is 1. The van der Waals surface area contributed by atoms with Crippen molar-refractivity contribution in [2.24, 2.45) is 0 Å². The molecule has 6 heteroatoms. The maximum atomic E-state index is 12.8. The van der Waals surface area contributed by atoms with Crippen molar-refractivity contribution in [3.8, 4) is 5.69 Å². The number of aliphatic hydroxyl groups excluding tert-OH is 1. The molecule has 1 atom stereocenters. The lowest BCUT2D eigenvalue weighted by Gasteiger charge is -2.35. The second-order valence-corrected chi connectivity index (χ2v) is 6.16. The van der Waals surface area contributed by atoms with Gasteiger partial charge in [0.1, 0.15) is 0 Å². The average Bonchev–Trinajstić information content (AvgIpc) is 3.05. The quantitative estimate of drug-likeness (QED) is 0.936. The lowest BCUT2D eigenvalue weighted by molar-refractivity contribution is 0.0568. The third-order valence-electron chi connectivity index (χ3n) is 4.26. The molecule has 0 spiro atoms. The summed E-state index contributed by atoms with van der Waals surface area (Å²) in [5.41, 5.74) is 1.16. The van der Waals surface area contributed by atoms with Gasteiger partial charge in [-0.3, -0.25) is 4.79 Å². The first-order valence-electron chi connectivity index (χ1n) is 7.93. The second-order valence-electron chi connectivity index (χ2n) is 5.76. The fourth-order valence-corrected chi connectivity index (χ4v) is 3.30. The van der Waals surface area contributed by atoms with Crippen LogP contribution in [0.25, 0.3) is 5.69 Å². The highest BCUT2D eigenvalue weighted by molar-refractivity contribution is 6.32. The minimum absolute atomic E-state index is 0.0750. The highest BCUT2D eigenvalue weighted by Gasteiger charge is 2.28. The van der Waals surface area contributed by atoms with Gasteiger partial charge < -0.3 is 10.0 Å². The number of halogens is 1. The van der Waals surface area contributed by atoms with Crippen molar-refractivity contribution in [1.82, 2.24) is 14.7 Å². The molecule has 122 valence electrons. The van der Waals surface area contributed by atoms with E-state index in [4.69, 9.17) is 11.6 Å². The third kappa shape index (κ3) is 3.41. The van der Waals surface area contributed by atoms with Gasteiger partial charge in [-0.05, 0) is 43.9 Å². The maximum absolute atomic E-state index is 12.8. The van der Waals surface area contributed by atoms with E-state index in [1.165, 1.54) is 0 Å². The summed E-state index contributed by atoms with van der Waals surface area (Å²) in [4.78, 5) is 14.6. The van der Waals surface area contributed by atoms with Crippen molar-refractivity contribution in [1.29, 1.82) is 0 Å². The Morgan fingerprint density at radius 1 is 1.30 bits per heavy atom. The van der Waals surface area contributed by atoms with E-state index in [-0.39, 0.29) is 18.6 Å². The van der Waals surface area contributed by atoms with Crippen molar-refractivity contribution in [3.05, 3.63) is 47.2 Å². The SMILES string of the molecule is O=C(c1ccn(-c2ccccc2Cl)n1)N1CCCCC1CCO. The Morgan fingerprint density at radius 3 is 2.91 bits per heavy atom. The number of likely N-dealkylation sites (tertiary alicyclic amines) is 1. The summed E-state index contributed by atoms with van der Waals surface area (Å²) < 4.78 is 1.63. The monoisotopic (exact) mass is 333 g/mol. The molecular formula is C17H20ClN3O2. The zero-order valence-electron chi connectivity index (χ0n) is 12.9. The predicted octanol–water partition coefficient (Wildman–Crippen LogP) is 2.90. The molecule has 1 amide bonds. The third-order valence-corrected chi connectivity index (χ3v) is 4.58. The minimum Gasteiger partial charge on any atom is -0.396 e. The average molecular weight is 334 g/mol. The van der Waals surface area contributed by atoms with Crippen LogP contribution in [-0.4, -0.2) is 44.9 Å². The summed E-state index contributed by atoms with van der Waals surface area (Å²) in [6, 6.07) is 9.21. The summed E-state index contributed by atoms with van der Waals surface area (Å²) in [5, 5.41) is 14.2. The molecule has 0 saturated carbocycles. The topological polar surface area (TPSA) is 58.4 Å². The Bertz CT molecular complexity index is 684. The van der Waals surface area contributed by atoms with Crippen LogP contribution in [0.2, 0.25) is 5.02 Å². The van der Waals surface area contributed by atoms with Crippen molar-refractivity contribution in [2.75, 3.05) is 13.2 Å². The van der Waals surface area contributed by atoms with Crippen LogP contribution < -0.4 is 0 Å². The Hall–Kier alpha value is -1.85. The number of carbonyl (C=O) groups excluding carboxylic acids is 1. The van der Waals surface area contributed by atoms with Gasteiger partial charge in [0.15, 0.2) is 5.69 Å². The highest BCUT2D eigenvalue weighted by Crippen LogP contribution is 2.23. The van der Waals surface area contributed by atoms with Crippen molar-refractivity contribution in [2.45, 2.75) is 31.7 Å². The maximum Gasteiger partial charge on any atom is 0.274 e. The number of hydrogen-bond acceptors (Lipinski definition) is 3. The molecule has 3 rings (SSSR count). The molecule has 1 aliphatic heterocycles. The van der Waals surface area contributed by atoms with Crippen molar-refractivity contribution >= 4 is 17.5 Å². The molecule has 0 bridgehead atoms. The van der Waals surface area contributed by atoms with Gasteiger partial charge in [-0.2, -0.15) is 5.10 Å². The summed E-state index contributed by atoms with van der Waals surface area (Å²) >= 11 is 6.18. The van der Waals surface area contributed by atoms with Crippen LogP contribution in [0.1, 0.15) is 36.2 Å². The number of benzene rings is 1.